The molecule has 9 aliphatic heterocycles. The number of morpholine rings is 4. The van der Waals surface area contributed by atoms with Gasteiger partial charge in [-0.2, -0.15) is 29.9 Å². The highest BCUT2D eigenvalue weighted by molar-refractivity contribution is 6.62. The van der Waals surface area contributed by atoms with E-state index in [1.807, 2.05) is 27.7 Å². The van der Waals surface area contributed by atoms with E-state index in [-0.39, 0.29) is 69.3 Å². The molecule has 2 N–H and O–H groups in total. The Labute approximate surface area is 456 Å². The number of nitrogen functional groups attached to an aromatic ring is 1. The van der Waals surface area contributed by atoms with Crippen molar-refractivity contribution in [3.8, 4) is 11.4 Å². The topological polar surface area (TPSA) is 213 Å². The Balaban J connectivity index is 0.000000127. The van der Waals surface area contributed by atoms with Crippen LogP contribution in [0.3, 0.4) is 0 Å². The van der Waals surface area contributed by atoms with Gasteiger partial charge in [-0.15, -0.1) is 0 Å². The number of halogens is 5. The summed E-state index contributed by atoms with van der Waals surface area (Å²) in [6.45, 7) is 13.5. The molecule has 78 heavy (non-hydrogen) atoms. The van der Waals surface area contributed by atoms with Crippen molar-refractivity contribution in [2.24, 2.45) is 4.99 Å². The van der Waals surface area contributed by atoms with E-state index in [0.717, 1.165) is 77.5 Å². The van der Waals surface area contributed by atoms with Gasteiger partial charge in [-0.05, 0) is 103 Å². The first-order valence-corrected chi connectivity index (χ1v) is 27.3. The molecule has 13 heterocycles. The zero-order chi connectivity index (χ0) is 54.6. The highest BCUT2D eigenvalue weighted by Crippen LogP contribution is 2.39. The highest BCUT2D eigenvalue weighted by atomic mass is 35.5. The maximum atomic E-state index is 13.8. The molecule has 4 aromatic rings. The van der Waals surface area contributed by atoms with Gasteiger partial charge in [0.05, 0.1) is 66.4 Å². The molecule has 0 radical (unpaired) electrons. The van der Waals surface area contributed by atoms with Crippen LogP contribution in [0.2, 0.25) is 5.28 Å². The normalized spacial score (nSPS) is 28.4. The number of hydrogen-bond acceptors (Lipinski definition) is 20. The molecule has 0 spiro atoms. The van der Waals surface area contributed by atoms with Crippen molar-refractivity contribution in [1.29, 1.82) is 0 Å². The summed E-state index contributed by atoms with van der Waals surface area (Å²) >= 11 is 6.19. The molecule has 0 saturated carbocycles. The zero-order valence-corrected chi connectivity index (χ0v) is 45.5. The Kier molecular flexibility index (Phi) is 15.6. The second kappa shape index (κ2) is 22.3. The first-order chi connectivity index (χ1) is 37.3. The van der Waals surface area contributed by atoms with Crippen LogP contribution in [0.4, 0.5) is 53.0 Å². The van der Waals surface area contributed by atoms with Crippen molar-refractivity contribution in [2.45, 2.75) is 152 Å². The monoisotopic (exact) mass is 1110 g/mol. The molecule has 27 heteroatoms. The van der Waals surface area contributed by atoms with E-state index in [1.54, 1.807) is 19.0 Å². The molecule has 21 nitrogen and oxygen atoms in total. The van der Waals surface area contributed by atoms with Crippen molar-refractivity contribution in [1.82, 2.24) is 44.8 Å². The summed E-state index contributed by atoms with van der Waals surface area (Å²) in [7, 11) is 2.70. The molecule has 4 aromatic heterocycles. The van der Waals surface area contributed by atoms with E-state index in [4.69, 9.17) is 55.6 Å². The van der Waals surface area contributed by atoms with E-state index >= 15 is 0 Å². The SMILES string of the molecule is CN(C)C=Nc1cc(C(F)F)c(B2OC(C)(C)C(C)(C)O2)cn1.Clc1nc(N2CC3CCC(C2)O3)nc(N2CC3CCC(C2)O3)n1.Nc1cc(C(F)F)c(-c2nc(N3CC4CCC(C3)O4)nc(N3CC4CCC(C3)O4)n2)cn1. The largest absolute Gasteiger partial charge is 0.496 e. The summed E-state index contributed by atoms with van der Waals surface area (Å²) in [5, 5.41) is 0.266. The van der Waals surface area contributed by atoms with E-state index in [1.165, 1.54) is 30.9 Å². The summed E-state index contributed by atoms with van der Waals surface area (Å²) in [4.78, 5) is 49.9. The fourth-order valence-electron chi connectivity index (χ4n) is 11.4. The fraction of sp³-hybridized carbons (Fsp3) is 0.667. The van der Waals surface area contributed by atoms with E-state index < -0.39 is 31.2 Å². The van der Waals surface area contributed by atoms with Gasteiger partial charge in [0.25, 0.3) is 12.9 Å². The van der Waals surface area contributed by atoms with Crippen molar-refractivity contribution in [3.63, 3.8) is 0 Å². The summed E-state index contributed by atoms with van der Waals surface area (Å²) in [5.41, 5.74) is 4.48. The molecule has 8 atom stereocenters. The number of nitrogens with two attached hydrogens (primary N) is 1. The average molecular weight is 1110 g/mol. The molecular weight excluding hydrogens is 1040 g/mol. The number of fused-ring (bicyclic) bond motifs is 8. The quantitative estimate of drug-likeness (QED) is 0.0836. The minimum Gasteiger partial charge on any atom is -0.399 e. The first kappa shape index (κ1) is 54.6. The van der Waals surface area contributed by atoms with Gasteiger partial charge in [0.1, 0.15) is 5.82 Å². The maximum absolute atomic E-state index is 13.8. The van der Waals surface area contributed by atoms with Crippen molar-refractivity contribution >= 4 is 65.9 Å². The van der Waals surface area contributed by atoms with Crippen LogP contribution in [-0.4, -0.2) is 185 Å². The van der Waals surface area contributed by atoms with Gasteiger partial charge >= 0.3 is 7.12 Å². The first-order valence-electron chi connectivity index (χ1n) is 27.0. The van der Waals surface area contributed by atoms with Crippen LogP contribution in [0, 0.1) is 0 Å². The Bertz CT molecular complexity index is 2670. The molecule has 0 aromatic carbocycles. The molecule has 9 fully saturated rings. The average Bonchev–Trinajstić information content (AvgIpc) is 4.34. The molecule has 13 rings (SSSR count). The third-order valence-corrected chi connectivity index (χ3v) is 16.2. The third kappa shape index (κ3) is 12.0. The molecule has 0 aliphatic carbocycles. The Hall–Kier alpha value is -5.38. The number of anilines is 5. The van der Waals surface area contributed by atoms with Gasteiger partial charge in [0.15, 0.2) is 11.6 Å². The summed E-state index contributed by atoms with van der Waals surface area (Å²) < 4.78 is 89.9. The van der Waals surface area contributed by atoms with Crippen LogP contribution in [0.15, 0.2) is 29.5 Å². The predicted octanol–water partition coefficient (Wildman–Crippen LogP) is 5.99. The number of aromatic nitrogens is 8. The van der Waals surface area contributed by atoms with Gasteiger partial charge in [-0.25, -0.2) is 32.5 Å². The lowest BCUT2D eigenvalue weighted by Gasteiger charge is -2.34. The number of nitrogens with zero attached hydrogens (tertiary/aromatic N) is 14. The van der Waals surface area contributed by atoms with Crippen LogP contribution < -0.4 is 30.8 Å². The Morgan fingerprint density at radius 2 is 0.974 bits per heavy atom. The number of aliphatic imine (C=N–C) groups is 1. The van der Waals surface area contributed by atoms with E-state index in [0.29, 0.717) is 74.4 Å². The van der Waals surface area contributed by atoms with Crippen LogP contribution >= 0.6 is 11.6 Å². The molecule has 0 amide bonds. The highest BCUT2D eigenvalue weighted by Gasteiger charge is 2.53. The Morgan fingerprint density at radius 1 is 0.590 bits per heavy atom. The fourth-order valence-corrected chi connectivity index (χ4v) is 11.6. The molecule has 8 unspecified atom stereocenters. The van der Waals surface area contributed by atoms with Gasteiger partial charge < -0.3 is 58.5 Å². The van der Waals surface area contributed by atoms with Crippen LogP contribution in [0.1, 0.15) is 103 Å². The Morgan fingerprint density at radius 3 is 1.35 bits per heavy atom. The number of rotatable bonds is 10. The standard InChI is InChI=1S/C21H25F2N7O2.C15H22BF2N3O2.C15H20ClN5O2/c22-18(23)15-5-17(24)25-6-16(15)19-26-20(29-7-11-1-2-12(8-29)31-11)28-21(27-19)30-9-13-3-4-14(10-30)32-13;1-14(2)15(3,4)23-16(22-14)11-8-19-12(20-9-21(5)6)7-10(11)13(17)18;16-13-17-14(20-5-9-1-2-10(6-20)22-9)19-15(18-13)21-7-11-3-4-12(8-21)23-11/h5-6,11-14,18H,1-4,7-10H2,(H2,24,25);7-9,13H,1-6H3;9-12H,1-8H2. The van der Waals surface area contributed by atoms with Gasteiger partial charge in [-0.1, -0.05) is 0 Å². The van der Waals surface area contributed by atoms with Crippen LogP contribution in [-0.2, 0) is 28.3 Å². The molecule has 9 saturated heterocycles. The number of alkyl halides is 4. The van der Waals surface area contributed by atoms with Gasteiger partial charge in [0, 0.05) is 101 Å². The van der Waals surface area contributed by atoms with E-state index in [2.05, 4.69) is 54.5 Å². The number of pyridine rings is 2. The van der Waals surface area contributed by atoms with Crippen LogP contribution in [0.5, 0.6) is 0 Å². The van der Waals surface area contributed by atoms with Crippen molar-refractivity contribution in [2.75, 3.05) is 91.8 Å². The second-order valence-corrected chi connectivity index (χ2v) is 23.0. The lowest BCUT2D eigenvalue weighted by molar-refractivity contribution is 0.00578. The third-order valence-electron chi connectivity index (χ3n) is 16.1. The summed E-state index contributed by atoms with van der Waals surface area (Å²) in [5.74, 6) is 2.77. The molecular formula is C51H67BClF4N15O6. The zero-order valence-electron chi connectivity index (χ0n) is 44.7. The van der Waals surface area contributed by atoms with Crippen molar-refractivity contribution in [3.05, 3.63) is 40.9 Å². The lowest BCUT2D eigenvalue weighted by Crippen LogP contribution is -2.45. The van der Waals surface area contributed by atoms with Crippen LogP contribution in [0.25, 0.3) is 11.4 Å². The maximum Gasteiger partial charge on any atom is 0.496 e. The minimum absolute atomic E-state index is 0.0352. The smallest absolute Gasteiger partial charge is 0.399 e. The second-order valence-electron chi connectivity index (χ2n) is 22.7. The molecule has 420 valence electrons. The summed E-state index contributed by atoms with van der Waals surface area (Å²) in [6.07, 6.45) is 9.10. The van der Waals surface area contributed by atoms with E-state index in [9.17, 15) is 17.6 Å². The summed E-state index contributed by atoms with van der Waals surface area (Å²) in [6, 6.07) is 2.46. The predicted molar refractivity (Wildman–Crippen MR) is 284 cm³/mol. The number of ether oxygens (including phenoxy) is 4. The lowest BCUT2D eigenvalue weighted by atomic mass is 9.77. The van der Waals surface area contributed by atoms with Gasteiger partial charge in [0.2, 0.25) is 29.1 Å². The number of hydrogen-bond donors (Lipinski definition) is 1. The van der Waals surface area contributed by atoms with Crippen molar-refractivity contribution < 1.29 is 45.8 Å². The molecule has 9 aliphatic rings. The van der Waals surface area contributed by atoms with Gasteiger partial charge in [-0.3, -0.25) is 0 Å². The minimum atomic E-state index is -2.72. The molecule has 8 bridgehead atoms.